The van der Waals surface area contributed by atoms with Gasteiger partial charge in [-0.15, -0.1) is 11.3 Å². The lowest BCUT2D eigenvalue weighted by atomic mass is 10.1. The molecule has 0 saturated carbocycles. The molecule has 134 valence electrons. The highest BCUT2D eigenvalue weighted by Gasteiger charge is 2.24. The average molecular weight is 373 g/mol. The Labute approximate surface area is 161 Å². The molecule has 5 heteroatoms. The quantitative estimate of drug-likeness (QED) is 0.465. The summed E-state index contributed by atoms with van der Waals surface area (Å²) >= 11 is 1.78. The number of thiophene rings is 1. The van der Waals surface area contributed by atoms with E-state index in [1.54, 1.807) is 23.7 Å². The Kier molecular flexibility index (Phi) is 3.90. The zero-order chi connectivity index (χ0) is 18.4. The summed E-state index contributed by atoms with van der Waals surface area (Å²) in [5, 5.41) is 1.08. The van der Waals surface area contributed by atoms with E-state index in [0.717, 1.165) is 39.9 Å². The van der Waals surface area contributed by atoms with Gasteiger partial charge < -0.3 is 4.74 Å². The largest absolute Gasteiger partial charge is 0.438 e. The van der Waals surface area contributed by atoms with Crippen LogP contribution in [0, 0.1) is 13.8 Å². The third-order valence-corrected chi connectivity index (χ3v) is 6.19. The zero-order valence-corrected chi connectivity index (χ0v) is 16.1. The van der Waals surface area contributed by atoms with E-state index in [-0.39, 0.29) is 0 Å². The minimum atomic E-state index is 0.659. The smallest absolute Gasteiger partial charge is 0.231 e. The van der Waals surface area contributed by atoms with Crippen LogP contribution < -0.4 is 4.74 Å². The van der Waals surface area contributed by atoms with E-state index in [9.17, 15) is 0 Å². The highest BCUT2D eigenvalue weighted by molar-refractivity contribution is 7.19. The monoisotopic (exact) mass is 373 g/mol. The molecule has 5 rings (SSSR count). The summed E-state index contributed by atoms with van der Waals surface area (Å²) in [6, 6.07) is 10.1. The third kappa shape index (κ3) is 2.88. The second-order valence-corrected chi connectivity index (χ2v) is 8.09. The number of hydrogen-bond acceptors (Lipinski definition) is 5. The molecule has 1 aliphatic rings. The molecule has 1 aliphatic carbocycles. The summed E-state index contributed by atoms with van der Waals surface area (Å²) in [4.78, 5) is 16.3. The van der Waals surface area contributed by atoms with Crippen LogP contribution in [0.25, 0.3) is 21.6 Å². The Bertz CT molecular complexity index is 1150. The van der Waals surface area contributed by atoms with Crippen LogP contribution in [0.2, 0.25) is 0 Å². The Morgan fingerprint density at radius 1 is 1.07 bits per heavy atom. The number of nitrogens with zero attached hydrogens (tertiary/aromatic N) is 3. The van der Waals surface area contributed by atoms with Crippen LogP contribution in [0.15, 0.2) is 42.7 Å². The molecule has 0 spiro atoms. The molecular weight excluding hydrogens is 354 g/mol. The summed E-state index contributed by atoms with van der Waals surface area (Å²) < 4.78 is 6.38. The van der Waals surface area contributed by atoms with Crippen LogP contribution in [-0.4, -0.2) is 15.0 Å². The highest BCUT2D eigenvalue weighted by Crippen LogP contribution is 2.42. The number of fused-ring (bicyclic) bond motifs is 3. The average Bonchev–Trinajstić information content (AvgIpc) is 3.26. The Morgan fingerprint density at radius 3 is 2.85 bits per heavy atom. The van der Waals surface area contributed by atoms with Gasteiger partial charge in [0.15, 0.2) is 5.82 Å². The first-order chi connectivity index (χ1) is 13.2. The number of benzene rings is 1. The molecule has 4 aromatic rings. The van der Waals surface area contributed by atoms with Crippen LogP contribution in [0.1, 0.15) is 28.0 Å². The van der Waals surface area contributed by atoms with Crippen molar-refractivity contribution in [3.63, 3.8) is 0 Å². The lowest BCUT2D eigenvalue weighted by Gasteiger charge is -2.12. The molecule has 0 atom stereocenters. The zero-order valence-electron chi connectivity index (χ0n) is 15.3. The van der Waals surface area contributed by atoms with Crippen molar-refractivity contribution in [1.82, 2.24) is 15.0 Å². The van der Waals surface area contributed by atoms with Gasteiger partial charge in [-0.2, -0.15) is 4.98 Å². The SMILES string of the molecule is Cc1ccc(C)c(Oc2nc(-c3cccnc3)nc3sc4c(c23)CCC4)c1. The van der Waals surface area contributed by atoms with Gasteiger partial charge in [-0.05, 0) is 68.0 Å². The van der Waals surface area contributed by atoms with Crippen molar-refractivity contribution >= 4 is 21.6 Å². The van der Waals surface area contributed by atoms with E-state index >= 15 is 0 Å². The van der Waals surface area contributed by atoms with E-state index < -0.39 is 0 Å². The summed E-state index contributed by atoms with van der Waals surface area (Å²) in [6.07, 6.45) is 6.96. The van der Waals surface area contributed by atoms with Crippen molar-refractivity contribution in [2.75, 3.05) is 0 Å². The van der Waals surface area contributed by atoms with Crippen LogP contribution in [0.3, 0.4) is 0 Å². The standard InChI is InChI=1S/C22H19N3OS/c1-13-8-9-14(2)17(11-13)26-21-19-16-6-3-7-18(16)27-22(19)25-20(24-21)15-5-4-10-23-12-15/h4-5,8-12H,3,6-7H2,1-2H3. The summed E-state index contributed by atoms with van der Waals surface area (Å²) in [6.45, 7) is 4.14. The van der Waals surface area contributed by atoms with Gasteiger partial charge in [0.2, 0.25) is 5.88 Å². The number of ether oxygens (including phenoxy) is 1. The molecule has 27 heavy (non-hydrogen) atoms. The molecule has 0 unspecified atom stereocenters. The second kappa shape index (κ2) is 6.43. The first-order valence-corrected chi connectivity index (χ1v) is 9.98. The van der Waals surface area contributed by atoms with Gasteiger partial charge in [-0.3, -0.25) is 4.98 Å². The molecule has 1 aromatic carbocycles. The number of hydrogen-bond donors (Lipinski definition) is 0. The molecule has 4 nitrogen and oxygen atoms in total. The van der Waals surface area contributed by atoms with Gasteiger partial charge in [0.25, 0.3) is 0 Å². The maximum Gasteiger partial charge on any atom is 0.231 e. The Morgan fingerprint density at radius 2 is 2.00 bits per heavy atom. The van der Waals surface area contributed by atoms with E-state index in [4.69, 9.17) is 14.7 Å². The molecule has 0 aliphatic heterocycles. The lowest BCUT2D eigenvalue weighted by Crippen LogP contribution is -1.97. The summed E-state index contributed by atoms with van der Waals surface area (Å²) in [5.41, 5.74) is 4.54. The Hall–Kier alpha value is -2.79. The molecule has 3 heterocycles. The molecule has 0 fully saturated rings. The third-order valence-electron chi connectivity index (χ3n) is 5.00. The highest BCUT2D eigenvalue weighted by atomic mass is 32.1. The molecule has 3 aromatic heterocycles. The number of aryl methyl sites for hydroxylation is 4. The van der Waals surface area contributed by atoms with Crippen molar-refractivity contribution in [3.8, 4) is 23.0 Å². The minimum absolute atomic E-state index is 0.659. The number of rotatable bonds is 3. The Balaban J connectivity index is 1.72. The molecule has 0 N–H and O–H groups in total. The van der Waals surface area contributed by atoms with Gasteiger partial charge in [0.1, 0.15) is 10.6 Å². The van der Waals surface area contributed by atoms with Crippen LogP contribution >= 0.6 is 11.3 Å². The van der Waals surface area contributed by atoms with E-state index in [1.165, 1.54) is 22.4 Å². The molecule has 0 radical (unpaired) electrons. The van der Waals surface area contributed by atoms with Crippen molar-refractivity contribution in [3.05, 3.63) is 64.3 Å². The normalized spacial score (nSPS) is 13.1. The minimum Gasteiger partial charge on any atom is -0.438 e. The maximum absolute atomic E-state index is 6.38. The lowest BCUT2D eigenvalue weighted by molar-refractivity contribution is 0.465. The van der Waals surface area contributed by atoms with Crippen LogP contribution in [0.5, 0.6) is 11.6 Å². The fourth-order valence-electron chi connectivity index (χ4n) is 3.58. The van der Waals surface area contributed by atoms with E-state index in [1.807, 2.05) is 12.1 Å². The molecule has 0 amide bonds. The van der Waals surface area contributed by atoms with Crippen LogP contribution in [0.4, 0.5) is 0 Å². The topological polar surface area (TPSA) is 47.9 Å². The van der Waals surface area contributed by atoms with E-state index in [2.05, 4.69) is 37.0 Å². The van der Waals surface area contributed by atoms with Crippen molar-refractivity contribution < 1.29 is 4.74 Å². The maximum atomic E-state index is 6.38. The van der Waals surface area contributed by atoms with Gasteiger partial charge in [0.05, 0.1) is 5.39 Å². The van der Waals surface area contributed by atoms with Gasteiger partial charge in [0, 0.05) is 22.8 Å². The van der Waals surface area contributed by atoms with Crippen molar-refractivity contribution in [1.29, 1.82) is 0 Å². The number of pyridine rings is 1. The summed E-state index contributed by atoms with van der Waals surface area (Å²) in [7, 11) is 0. The van der Waals surface area contributed by atoms with Crippen molar-refractivity contribution in [2.45, 2.75) is 33.1 Å². The first kappa shape index (κ1) is 16.4. The number of aromatic nitrogens is 3. The molecule has 0 saturated heterocycles. The van der Waals surface area contributed by atoms with Gasteiger partial charge >= 0.3 is 0 Å². The van der Waals surface area contributed by atoms with E-state index in [0.29, 0.717) is 11.7 Å². The summed E-state index contributed by atoms with van der Waals surface area (Å²) in [5.74, 6) is 2.17. The van der Waals surface area contributed by atoms with Gasteiger partial charge in [-0.25, -0.2) is 4.98 Å². The molecular formula is C22H19N3OS. The predicted molar refractivity (Wildman–Crippen MR) is 109 cm³/mol. The first-order valence-electron chi connectivity index (χ1n) is 9.17. The molecule has 0 bridgehead atoms. The van der Waals surface area contributed by atoms with Crippen molar-refractivity contribution in [2.24, 2.45) is 0 Å². The predicted octanol–water partition coefficient (Wildman–Crippen LogP) is 5.65. The van der Waals surface area contributed by atoms with Crippen LogP contribution in [-0.2, 0) is 12.8 Å². The second-order valence-electron chi connectivity index (χ2n) is 7.00. The van der Waals surface area contributed by atoms with Gasteiger partial charge in [-0.1, -0.05) is 12.1 Å². The fraction of sp³-hybridized carbons (Fsp3) is 0.227. The fourth-order valence-corrected chi connectivity index (χ4v) is 4.83.